The zero-order valence-corrected chi connectivity index (χ0v) is 12.1. The number of nitrogens with two attached hydrogens (primary N) is 1. The van der Waals surface area contributed by atoms with E-state index in [0.29, 0.717) is 23.4 Å². The summed E-state index contributed by atoms with van der Waals surface area (Å²) >= 11 is 0. The van der Waals surface area contributed by atoms with Crippen LogP contribution in [0.4, 0.5) is 5.69 Å². The fraction of sp³-hybridized carbons (Fsp3) is 0.235. The van der Waals surface area contributed by atoms with Gasteiger partial charge < -0.3 is 10.5 Å². The van der Waals surface area contributed by atoms with Crippen LogP contribution >= 0.6 is 0 Å². The predicted octanol–water partition coefficient (Wildman–Crippen LogP) is 3.52. The summed E-state index contributed by atoms with van der Waals surface area (Å²) in [5.74, 6) is 0.751. The molecule has 0 spiro atoms. The second-order valence-corrected chi connectivity index (χ2v) is 4.78. The van der Waals surface area contributed by atoms with Crippen LogP contribution in [0.3, 0.4) is 0 Å². The fourth-order valence-corrected chi connectivity index (χ4v) is 2.37. The zero-order valence-electron chi connectivity index (χ0n) is 12.1. The molecule has 3 heteroatoms. The Morgan fingerprint density at radius 1 is 1.15 bits per heavy atom. The third-order valence-corrected chi connectivity index (χ3v) is 3.25. The number of nitrogen functional groups attached to an aromatic ring is 1. The van der Waals surface area contributed by atoms with Crippen LogP contribution in [0.2, 0.25) is 0 Å². The number of carbonyl (C=O) groups is 1. The molecule has 0 fully saturated rings. The maximum Gasteiger partial charge on any atom is 0.195 e. The Hall–Kier alpha value is -2.29. The Labute approximate surface area is 119 Å². The molecule has 0 bridgehead atoms. The van der Waals surface area contributed by atoms with Gasteiger partial charge in [0.15, 0.2) is 5.78 Å². The second kappa shape index (κ2) is 5.78. The smallest absolute Gasteiger partial charge is 0.195 e. The molecule has 104 valence electrons. The van der Waals surface area contributed by atoms with Gasteiger partial charge in [0.2, 0.25) is 0 Å². The number of rotatable bonds is 4. The minimum absolute atomic E-state index is 0.0406. The van der Waals surface area contributed by atoms with Gasteiger partial charge in [-0.25, -0.2) is 0 Å². The average molecular weight is 269 g/mol. The van der Waals surface area contributed by atoms with Gasteiger partial charge in [-0.3, -0.25) is 4.79 Å². The molecular weight excluding hydrogens is 250 g/mol. The molecule has 20 heavy (non-hydrogen) atoms. The third-order valence-electron chi connectivity index (χ3n) is 3.25. The van der Waals surface area contributed by atoms with Gasteiger partial charge in [-0.05, 0) is 56.2 Å². The van der Waals surface area contributed by atoms with Crippen molar-refractivity contribution in [2.45, 2.75) is 20.8 Å². The minimum Gasteiger partial charge on any atom is -0.494 e. The molecule has 3 nitrogen and oxygen atoms in total. The highest BCUT2D eigenvalue weighted by molar-refractivity contribution is 6.13. The summed E-state index contributed by atoms with van der Waals surface area (Å²) in [4.78, 5) is 12.7. The van der Waals surface area contributed by atoms with Crippen LogP contribution in [0, 0.1) is 13.8 Å². The average Bonchev–Trinajstić information content (AvgIpc) is 2.38. The van der Waals surface area contributed by atoms with Gasteiger partial charge in [0.05, 0.1) is 6.61 Å². The summed E-state index contributed by atoms with van der Waals surface area (Å²) in [5, 5.41) is 0. The molecule has 0 saturated heterocycles. The van der Waals surface area contributed by atoms with Crippen LogP contribution in [0.5, 0.6) is 5.75 Å². The van der Waals surface area contributed by atoms with Crippen LogP contribution in [-0.2, 0) is 0 Å². The number of carbonyl (C=O) groups excluding carboxylic acids is 1. The van der Waals surface area contributed by atoms with E-state index in [1.54, 1.807) is 12.1 Å². The van der Waals surface area contributed by atoms with Crippen LogP contribution in [0.1, 0.15) is 34.0 Å². The number of benzene rings is 2. The van der Waals surface area contributed by atoms with Gasteiger partial charge in [0.1, 0.15) is 5.75 Å². The lowest BCUT2D eigenvalue weighted by molar-refractivity contribution is 0.103. The number of aryl methyl sites for hydroxylation is 2. The Balaban J connectivity index is 2.48. The molecule has 0 aliphatic carbocycles. The number of ether oxygens (including phenoxy) is 1. The molecule has 0 aliphatic heterocycles. The van der Waals surface area contributed by atoms with E-state index in [1.165, 1.54) is 0 Å². The first-order chi connectivity index (χ1) is 9.54. The Morgan fingerprint density at radius 3 is 2.30 bits per heavy atom. The predicted molar refractivity (Wildman–Crippen MR) is 81.4 cm³/mol. The maximum atomic E-state index is 12.7. The van der Waals surface area contributed by atoms with Crippen molar-refractivity contribution < 1.29 is 9.53 Å². The van der Waals surface area contributed by atoms with E-state index >= 15 is 0 Å². The first-order valence-electron chi connectivity index (χ1n) is 6.67. The van der Waals surface area contributed by atoms with Crippen molar-refractivity contribution in [3.63, 3.8) is 0 Å². The van der Waals surface area contributed by atoms with Crippen LogP contribution in [0.25, 0.3) is 0 Å². The summed E-state index contributed by atoms with van der Waals surface area (Å²) in [6, 6.07) is 10.9. The van der Waals surface area contributed by atoms with Gasteiger partial charge in [-0.1, -0.05) is 12.1 Å². The third kappa shape index (κ3) is 2.67. The molecule has 0 amide bonds. The Kier molecular flexibility index (Phi) is 4.08. The highest BCUT2D eigenvalue weighted by atomic mass is 16.5. The number of hydrogen-bond donors (Lipinski definition) is 1. The summed E-state index contributed by atoms with van der Waals surface area (Å²) in [5.41, 5.74) is 9.45. The molecule has 0 atom stereocenters. The largest absolute Gasteiger partial charge is 0.494 e. The first-order valence-corrected chi connectivity index (χ1v) is 6.67. The zero-order chi connectivity index (χ0) is 14.7. The lowest BCUT2D eigenvalue weighted by atomic mass is 9.94. The lowest BCUT2D eigenvalue weighted by Gasteiger charge is -2.13. The van der Waals surface area contributed by atoms with Gasteiger partial charge in [0.25, 0.3) is 0 Å². The molecule has 0 aliphatic rings. The molecule has 0 unspecified atom stereocenters. The summed E-state index contributed by atoms with van der Waals surface area (Å²) in [6.45, 7) is 6.38. The van der Waals surface area contributed by atoms with E-state index in [4.69, 9.17) is 10.5 Å². The van der Waals surface area contributed by atoms with E-state index in [1.807, 2.05) is 45.0 Å². The van der Waals surface area contributed by atoms with Crippen molar-refractivity contribution >= 4 is 11.5 Å². The van der Waals surface area contributed by atoms with Crippen LogP contribution in [0.15, 0.2) is 36.4 Å². The molecule has 2 aromatic rings. The number of ketones is 1. The second-order valence-electron chi connectivity index (χ2n) is 4.78. The Bertz CT molecular complexity index is 624. The molecule has 0 heterocycles. The SMILES string of the molecule is CCOc1cc(C)c(C(=O)c2ccccc2N)c(C)c1. The van der Waals surface area contributed by atoms with Crippen molar-refractivity contribution in [3.8, 4) is 5.75 Å². The quantitative estimate of drug-likeness (QED) is 0.682. The van der Waals surface area contributed by atoms with Crippen molar-refractivity contribution in [3.05, 3.63) is 58.7 Å². The number of para-hydroxylation sites is 1. The molecular formula is C17H19NO2. The van der Waals surface area contributed by atoms with E-state index in [9.17, 15) is 4.79 Å². The van der Waals surface area contributed by atoms with E-state index in [-0.39, 0.29) is 5.78 Å². The van der Waals surface area contributed by atoms with Crippen LogP contribution < -0.4 is 10.5 Å². The Morgan fingerprint density at radius 2 is 1.75 bits per heavy atom. The van der Waals surface area contributed by atoms with Crippen molar-refractivity contribution in [2.75, 3.05) is 12.3 Å². The number of hydrogen-bond acceptors (Lipinski definition) is 3. The number of anilines is 1. The van der Waals surface area contributed by atoms with Gasteiger partial charge in [-0.2, -0.15) is 0 Å². The monoisotopic (exact) mass is 269 g/mol. The van der Waals surface area contributed by atoms with Gasteiger partial charge in [-0.15, -0.1) is 0 Å². The summed E-state index contributed by atoms with van der Waals surface area (Å²) in [6.07, 6.45) is 0. The van der Waals surface area contributed by atoms with Crippen LogP contribution in [-0.4, -0.2) is 12.4 Å². The molecule has 0 saturated carbocycles. The van der Waals surface area contributed by atoms with Gasteiger partial charge >= 0.3 is 0 Å². The molecule has 2 aromatic carbocycles. The molecule has 0 aromatic heterocycles. The highest BCUT2D eigenvalue weighted by Gasteiger charge is 2.17. The standard InChI is InChI=1S/C17H19NO2/c1-4-20-13-9-11(2)16(12(3)10-13)17(19)14-7-5-6-8-15(14)18/h5-10H,4,18H2,1-3H3. The first kappa shape index (κ1) is 14.1. The highest BCUT2D eigenvalue weighted by Crippen LogP contribution is 2.26. The topological polar surface area (TPSA) is 52.3 Å². The molecule has 2 N–H and O–H groups in total. The normalized spacial score (nSPS) is 10.3. The minimum atomic E-state index is -0.0406. The fourth-order valence-electron chi connectivity index (χ4n) is 2.37. The summed E-state index contributed by atoms with van der Waals surface area (Å²) in [7, 11) is 0. The van der Waals surface area contributed by atoms with Crippen molar-refractivity contribution in [1.29, 1.82) is 0 Å². The molecule has 0 radical (unpaired) electrons. The van der Waals surface area contributed by atoms with Crippen molar-refractivity contribution in [2.24, 2.45) is 0 Å². The van der Waals surface area contributed by atoms with Crippen molar-refractivity contribution in [1.82, 2.24) is 0 Å². The van der Waals surface area contributed by atoms with E-state index < -0.39 is 0 Å². The van der Waals surface area contributed by atoms with E-state index in [2.05, 4.69) is 0 Å². The lowest BCUT2D eigenvalue weighted by Crippen LogP contribution is -2.09. The maximum absolute atomic E-state index is 12.7. The summed E-state index contributed by atoms with van der Waals surface area (Å²) < 4.78 is 5.50. The van der Waals surface area contributed by atoms with Gasteiger partial charge in [0, 0.05) is 16.8 Å². The van der Waals surface area contributed by atoms with E-state index in [0.717, 1.165) is 16.9 Å². The molecule has 2 rings (SSSR count).